The highest BCUT2D eigenvalue weighted by atomic mass is 32.2. The monoisotopic (exact) mass is 421 g/mol. The lowest BCUT2D eigenvalue weighted by Crippen LogP contribution is -2.30. The smallest absolute Gasteiger partial charge is 0.255 e. The number of anilines is 2. The molecule has 2 rings (SSSR count). The summed E-state index contributed by atoms with van der Waals surface area (Å²) >= 11 is 0. The molecule has 0 fully saturated rings. The minimum absolute atomic E-state index is 0.0499. The number of hydrogen-bond donors (Lipinski definition) is 1. The first-order chi connectivity index (χ1) is 13.6. The molecular formula is C21H28FN3O3S. The molecule has 2 aromatic carbocycles. The highest BCUT2D eigenvalue weighted by molar-refractivity contribution is 7.89. The maximum absolute atomic E-state index is 14.4. The van der Waals surface area contributed by atoms with E-state index in [0.29, 0.717) is 24.5 Å². The topological polar surface area (TPSA) is 69.7 Å². The van der Waals surface area contributed by atoms with Crippen LogP contribution in [0.2, 0.25) is 0 Å². The van der Waals surface area contributed by atoms with Gasteiger partial charge >= 0.3 is 0 Å². The Balaban J connectivity index is 2.25. The third-order valence-electron chi connectivity index (χ3n) is 4.80. The number of hydrogen-bond acceptors (Lipinski definition) is 4. The zero-order chi connectivity index (χ0) is 21.8. The highest BCUT2D eigenvalue weighted by Gasteiger charge is 2.22. The van der Waals surface area contributed by atoms with Crippen molar-refractivity contribution >= 4 is 27.3 Å². The zero-order valence-corrected chi connectivity index (χ0v) is 18.3. The van der Waals surface area contributed by atoms with Crippen molar-refractivity contribution in [3.63, 3.8) is 0 Å². The summed E-state index contributed by atoms with van der Waals surface area (Å²) in [5, 5.41) is 2.62. The Morgan fingerprint density at radius 1 is 1.10 bits per heavy atom. The number of nitrogens with one attached hydrogen (secondary N) is 1. The number of carbonyl (C=O) groups is 1. The van der Waals surface area contributed by atoms with Crippen LogP contribution in [-0.2, 0) is 10.0 Å². The summed E-state index contributed by atoms with van der Waals surface area (Å²) < 4.78 is 41.1. The predicted octanol–water partition coefficient (Wildman–Crippen LogP) is 3.95. The summed E-state index contributed by atoms with van der Waals surface area (Å²) in [6.07, 6.45) is 0. The van der Waals surface area contributed by atoms with E-state index in [2.05, 4.69) is 5.32 Å². The summed E-state index contributed by atoms with van der Waals surface area (Å²) in [6, 6.07) is 10.4. The van der Waals surface area contributed by atoms with Crippen LogP contribution in [0.5, 0.6) is 0 Å². The van der Waals surface area contributed by atoms with Gasteiger partial charge in [0.2, 0.25) is 10.0 Å². The largest absolute Gasteiger partial charge is 0.370 e. The Morgan fingerprint density at radius 2 is 1.76 bits per heavy atom. The molecule has 1 N–H and O–H groups in total. The summed E-state index contributed by atoms with van der Waals surface area (Å²) in [7, 11) is -1.88. The fourth-order valence-corrected chi connectivity index (χ4v) is 4.37. The molecule has 158 valence electrons. The van der Waals surface area contributed by atoms with E-state index in [1.807, 2.05) is 13.8 Å². The Kier molecular flexibility index (Phi) is 7.37. The van der Waals surface area contributed by atoms with Crippen molar-refractivity contribution in [2.75, 3.05) is 30.4 Å². The lowest BCUT2D eigenvalue weighted by molar-refractivity contribution is 0.102. The van der Waals surface area contributed by atoms with Gasteiger partial charge in [0.25, 0.3) is 5.91 Å². The second-order valence-electron chi connectivity index (χ2n) is 6.94. The SMILES string of the molecule is CCN(CC)S(=O)(=O)c1cccc(C(=O)Nc2ccc(N(C)C(C)C)c(F)c2)c1. The van der Waals surface area contributed by atoms with Crippen molar-refractivity contribution in [1.82, 2.24) is 4.31 Å². The van der Waals surface area contributed by atoms with Gasteiger partial charge in [0.15, 0.2) is 0 Å². The van der Waals surface area contributed by atoms with E-state index < -0.39 is 21.7 Å². The molecule has 0 spiro atoms. The fourth-order valence-electron chi connectivity index (χ4n) is 2.86. The van der Waals surface area contributed by atoms with Crippen molar-refractivity contribution in [3.8, 4) is 0 Å². The minimum Gasteiger partial charge on any atom is -0.370 e. The number of amides is 1. The Hall–Kier alpha value is -2.45. The van der Waals surface area contributed by atoms with Gasteiger partial charge in [-0.05, 0) is 50.2 Å². The highest BCUT2D eigenvalue weighted by Crippen LogP contribution is 2.24. The van der Waals surface area contributed by atoms with Gasteiger partial charge in [-0.3, -0.25) is 4.79 Å². The van der Waals surface area contributed by atoms with Crippen LogP contribution in [-0.4, -0.2) is 44.8 Å². The first-order valence-corrected chi connectivity index (χ1v) is 11.0. The van der Waals surface area contributed by atoms with E-state index >= 15 is 0 Å². The molecule has 0 heterocycles. The van der Waals surface area contributed by atoms with Gasteiger partial charge < -0.3 is 10.2 Å². The van der Waals surface area contributed by atoms with E-state index in [-0.39, 0.29) is 16.5 Å². The Morgan fingerprint density at radius 3 is 2.31 bits per heavy atom. The van der Waals surface area contributed by atoms with Gasteiger partial charge in [-0.25, -0.2) is 12.8 Å². The average Bonchev–Trinajstić information content (AvgIpc) is 2.68. The molecule has 0 radical (unpaired) electrons. The van der Waals surface area contributed by atoms with Crippen LogP contribution in [0.3, 0.4) is 0 Å². The number of halogens is 1. The lowest BCUT2D eigenvalue weighted by Gasteiger charge is -2.24. The molecule has 0 aliphatic heterocycles. The van der Waals surface area contributed by atoms with E-state index in [0.717, 1.165) is 0 Å². The normalized spacial score (nSPS) is 11.7. The van der Waals surface area contributed by atoms with Crippen molar-refractivity contribution in [1.29, 1.82) is 0 Å². The molecule has 0 saturated heterocycles. The molecule has 0 aromatic heterocycles. The van der Waals surface area contributed by atoms with Gasteiger partial charge in [0.05, 0.1) is 10.6 Å². The number of nitrogens with zero attached hydrogens (tertiary/aromatic N) is 2. The molecule has 1 amide bonds. The molecule has 0 saturated carbocycles. The standard InChI is InChI=1S/C21H28FN3O3S/c1-6-25(7-2)29(27,28)18-10-8-9-16(13-18)21(26)23-17-11-12-20(19(22)14-17)24(5)15(3)4/h8-15H,6-7H2,1-5H3,(H,23,26). The third kappa shape index (κ3) is 5.13. The number of rotatable bonds is 8. The minimum atomic E-state index is -3.67. The second kappa shape index (κ2) is 9.37. The number of benzene rings is 2. The van der Waals surface area contributed by atoms with Gasteiger partial charge in [-0.1, -0.05) is 19.9 Å². The maximum Gasteiger partial charge on any atom is 0.255 e. The Labute approximate surface area is 172 Å². The summed E-state index contributed by atoms with van der Waals surface area (Å²) in [4.78, 5) is 14.4. The lowest BCUT2D eigenvalue weighted by atomic mass is 10.2. The van der Waals surface area contributed by atoms with Crippen LogP contribution in [0.4, 0.5) is 15.8 Å². The quantitative estimate of drug-likeness (QED) is 0.701. The number of sulfonamides is 1. The van der Waals surface area contributed by atoms with Crippen molar-refractivity contribution < 1.29 is 17.6 Å². The second-order valence-corrected chi connectivity index (χ2v) is 8.88. The van der Waals surface area contributed by atoms with Crippen LogP contribution in [0, 0.1) is 5.82 Å². The molecule has 0 bridgehead atoms. The molecular weight excluding hydrogens is 393 g/mol. The van der Waals surface area contributed by atoms with Crippen LogP contribution in [0.15, 0.2) is 47.4 Å². The van der Waals surface area contributed by atoms with Crippen LogP contribution < -0.4 is 10.2 Å². The van der Waals surface area contributed by atoms with Crippen LogP contribution in [0.1, 0.15) is 38.1 Å². The van der Waals surface area contributed by atoms with Gasteiger partial charge in [-0.15, -0.1) is 0 Å². The van der Waals surface area contributed by atoms with Crippen LogP contribution >= 0.6 is 0 Å². The first-order valence-electron chi connectivity index (χ1n) is 9.55. The van der Waals surface area contributed by atoms with Crippen molar-refractivity contribution in [2.45, 2.75) is 38.6 Å². The Bertz CT molecular complexity index is 973. The van der Waals surface area contributed by atoms with Gasteiger partial charge in [0.1, 0.15) is 5.82 Å². The van der Waals surface area contributed by atoms with Crippen molar-refractivity contribution in [2.24, 2.45) is 0 Å². The molecule has 0 aliphatic carbocycles. The van der Waals surface area contributed by atoms with Gasteiger partial charge in [-0.2, -0.15) is 4.31 Å². The molecule has 0 aliphatic rings. The molecule has 29 heavy (non-hydrogen) atoms. The first kappa shape index (κ1) is 22.8. The maximum atomic E-state index is 14.4. The molecule has 8 heteroatoms. The van der Waals surface area contributed by atoms with E-state index in [4.69, 9.17) is 0 Å². The third-order valence-corrected chi connectivity index (χ3v) is 6.85. The van der Waals surface area contributed by atoms with E-state index in [1.54, 1.807) is 37.9 Å². The molecule has 0 unspecified atom stereocenters. The molecule has 6 nitrogen and oxygen atoms in total. The summed E-state index contributed by atoms with van der Waals surface area (Å²) in [5.74, 6) is -0.956. The predicted molar refractivity (Wildman–Crippen MR) is 114 cm³/mol. The average molecular weight is 422 g/mol. The van der Waals surface area contributed by atoms with Crippen molar-refractivity contribution in [3.05, 3.63) is 53.8 Å². The number of carbonyl (C=O) groups excluding carboxylic acids is 1. The molecule has 0 atom stereocenters. The zero-order valence-electron chi connectivity index (χ0n) is 17.4. The fraction of sp³-hybridized carbons (Fsp3) is 0.381. The van der Waals surface area contributed by atoms with E-state index in [1.165, 1.54) is 34.6 Å². The van der Waals surface area contributed by atoms with Gasteiger partial charge in [0, 0.05) is 37.4 Å². The summed E-state index contributed by atoms with van der Waals surface area (Å²) in [6.45, 7) is 8.10. The molecule has 2 aromatic rings. The summed E-state index contributed by atoms with van der Waals surface area (Å²) in [5.41, 5.74) is 0.915. The van der Waals surface area contributed by atoms with Crippen LogP contribution in [0.25, 0.3) is 0 Å². The van der Waals surface area contributed by atoms with E-state index in [9.17, 15) is 17.6 Å².